The molecule has 0 aromatic carbocycles. The Morgan fingerprint density at radius 1 is 1.25 bits per heavy atom. The van der Waals surface area contributed by atoms with Crippen molar-refractivity contribution in [3.05, 3.63) is 64.9 Å². The molecule has 0 bridgehead atoms. The van der Waals surface area contributed by atoms with E-state index in [-0.39, 0.29) is 11.8 Å². The molecule has 0 aliphatic carbocycles. The first kappa shape index (κ1) is 22.0. The molecule has 8 heteroatoms. The number of hydrogen-bond donors (Lipinski definition) is 1. The molecule has 1 atom stereocenters. The molecule has 32 heavy (non-hydrogen) atoms. The molecule has 1 aliphatic heterocycles. The van der Waals surface area contributed by atoms with Gasteiger partial charge in [-0.25, -0.2) is 4.98 Å². The van der Waals surface area contributed by atoms with Gasteiger partial charge in [0.15, 0.2) is 5.69 Å². The summed E-state index contributed by atoms with van der Waals surface area (Å²) in [6, 6.07) is 8.00. The fourth-order valence-electron chi connectivity index (χ4n) is 4.09. The average molecular weight is 435 g/mol. The van der Waals surface area contributed by atoms with Crippen LogP contribution in [0.15, 0.2) is 41.2 Å². The van der Waals surface area contributed by atoms with E-state index >= 15 is 0 Å². The highest BCUT2D eigenvalue weighted by Gasteiger charge is 2.30. The van der Waals surface area contributed by atoms with Crippen molar-refractivity contribution in [1.29, 1.82) is 0 Å². The van der Waals surface area contributed by atoms with Crippen molar-refractivity contribution in [2.75, 3.05) is 32.5 Å². The third kappa shape index (κ3) is 4.80. The highest BCUT2D eigenvalue weighted by Crippen LogP contribution is 2.28. The van der Waals surface area contributed by atoms with E-state index in [1.807, 2.05) is 68.2 Å². The van der Waals surface area contributed by atoms with E-state index in [0.717, 1.165) is 47.7 Å². The zero-order chi connectivity index (χ0) is 22.7. The Balaban J connectivity index is 1.45. The molecular weight excluding hydrogens is 404 g/mol. The first-order valence-electron chi connectivity index (χ1n) is 11.0. The molecule has 4 rings (SSSR count). The van der Waals surface area contributed by atoms with Gasteiger partial charge in [-0.15, -0.1) is 0 Å². The van der Waals surface area contributed by atoms with Crippen LogP contribution in [-0.4, -0.2) is 58.0 Å². The third-order valence-corrected chi connectivity index (χ3v) is 5.85. The first-order chi connectivity index (χ1) is 15.4. The number of carbonyl (C=O) groups is 1. The van der Waals surface area contributed by atoms with Gasteiger partial charge in [-0.2, -0.15) is 0 Å². The molecule has 1 N–H and O–H groups in total. The van der Waals surface area contributed by atoms with E-state index in [4.69, 9.17) is 4.52 Å². The van der Waals surface area contributed by atoms with Crippen LogP contribution in [0.2, 0.25) is 0 Å². The van der Waals surface area contributed by atoms with Crippen molar-refractivity contribution >= 4 is 17.4 Å². The monoisotopic (exact) mass is 434 g/mol. The van der Waals surface area contributed by atoms with Crippen LogP contribution >= 0.6 is 0 Å². The van der Waals surface area contributed by atoms with E-state index in [1.54, 1.807) is 6.20 Å². The van der Waals surface area contributed by atoms with Crippen LogP contribution in [0.5, 0.6) is 0 Å². The number of nitrogens with zero attached hydrogens (tertiary/aromatic N) is 5. The number of likely N-dealkylation sites (tertiary alicyclic amines) is 1. The predicted molar refractivity (Wildman–Crippen MR) is 123 cm³/mol. The number of piperidine rings is 1. The Morgan fingerprint density at radius 3 is 2.81 bits per heavy atom. The van der Waals surface area contributed by atoms with E-state index in [1.165, 1.54) is 0 Å². The largest absolute Gasteiger partial charge is 0.361 e. The quantitative estimate of drug-likeness (QED) is 0.629. The number of anilines is 2. The number of hydrogen-bond acceptors (Lipinski definition) is 7. The summed E-state index contributed by atoms with van der Waals surface area (Å²) >= 11 is 0. The summed E-state index contributed by atoms with van der Waals surface area (Å²) < 4.78 is 5.34. The Morgan fingerprint density at radius 2 is 2.09 bits per heavy atom. The zero-order valence-electron chi connectivity index (χ0n) is 19.1. The van der Waals surface area contributed by atoms with Crippen molar-refractivity contribution in [3.63, 3.8) is 0 Å². The minimum absolute atomic E-state index is 0.0627. The van der Waals surface area contributed by atoms with Crippen LogP contribution in [0.25, 0.3) is 0 Å². The Kier molecular flexibility index (Phi) is 6.50. The van der Waals surface area contributed by atoms with Gasteiger partial charge >= 0.3 is 0 Å². The molecule has 8 nitrogen and oxygen atoms in total. The van der Waals surface area contributed by atoms with Crippen LogP contribution in [0.4, 0.5) is 11.5 Å². The summed E-state index contributed by atoms with van der Waals surface area (Å²) in [5.74, 6) is 1.66. The normalized spacial score (nSPS) is 16.4. The summed E-state index contributed by atoms with van der Waals surface area (Å²) in [4.78, 5) is 26.2. The summed E-state index contributed by atoms with van der Waals surface area (Å²) in [6.45, 7) is 5.85. The lowest BCUT2D eigenvalue weighted by atomic mass is 9.94. The van der Waals surface area contributed by atoms with Gasteiger partial charge in [-0.3, -0.25) is 9.78 Å². The van der Waals surface area contributed by atoms with Crippen molar-refractivity contribution in [3.8, 4) is 0 Å². The van der Waals surface area contributed by atoms with Gasteiger partial charge in [-0.05, 0) is 64.5 Å². The molecule has 1 fully saturated rings. The maximum atomic E-state index is 13.2. The van der Waals surface area contributed by atoms with E-state index < -0.39 is 0 Å². The molecular formula is C24H30N6O2. The van der Waals surface area contributed by atoms with Crippen LogP contribution in [0.3, 0.4) is 0 Å². The number of nitrogens with one attached hydrogen (secondary N) is 1. The smallest absolute Gasteiger partial charge is 0.276 e. The number of carbonyl (C=O) groups excluding carboxylic acids is 1. The summed E-state index contributed by atoms with van der Waals surface area (Å²) in [7, 11) is 3.94. The number of aryl methyl sites for hydroxylation is 2. The Bertz CT molecular complexity index is 1080. The standard InChI is InChI=1S/C24H30N6O2/c1-16-7-5-11-25-23(16)27-19-9-10-21(26-13-19)18-8-6-12-30(14-18)24(31)22-20(15-29(3)4)17(2)32-28-22/h5,7,9-11,13,18H,6,8,12,14-15H2,1-4H3,(H,25,27)/t18-/m0/s1. The zero-order valence-corrected chi connectivity index (χ0v) is 19.1. The lowest BCUT2D eigenvalue weighted by Crippen LogP contribution is -2.40. The van der Waals surface area contributed by atoms with Crippen LogP contribution in [0.1, 0.15) is 51.8 Å². The second-order valence-corrected chi connectivity index (χ2v) is 8.66. The molecule has 3 aromatic rings. The number of aromatic nitrogens is 3. The van der Waals surface area contributed by atoms with Gasteiger partial charge in [-0.1, -0.05) is 11.2 Å². The number of amides is 1. The molecule has 3 aromatic heterocycles. The third-order valence-electron chi connectivity index (χ3n) is 5.85. The highest BCUT2D eigenvalue weighted by atomic mass is 16.5. The molecule has 0 spiro atoms. The van der Waals surface area contributed by atoms with E-state index in [0.29, 0.717) is 24.5 Å². The van der Waals surface area contributed by atoms with Crippen molar-refractivity contribution in [1.82, 2.24) is 24.9 Å². The summed E-state index contributed by atoms with van der Waals surface area (Å²) in [5, 5.41) is 7.39. The Hall–Kier alpha value is -3.26. The molecule has 0 unspecified atom stereocenters. The molecule has 0 radical (unpaired) electrons. The van der Waals surface area contributed by atoms with Crippen LogP contribution in [-0.2, 0) is 6.54 Å². The summed E-state index contributed by atoms with van der Waals surface area (Å²) in [5.41, 5.74) is 4.26. The van der Waals surface area contributed by atoms with Crippen molar-refractivity contribution < 1.29 is 9.32 Å². The first-order valence-corrected chi connectivity index (χ1v) is 11.0. The highest BCUT2D eigenvalue weighted by molar-refractivity contribution is 5.94. The van der Waals surface area contributed by atoms with Gasteiger partial charge in [0.05, 0.1) is 11.9 Å². The molecule has 4 heterocycles. The van der Waals surface area contributed by atoms with Crippen molar-refractivity contribution in [2.24, 2.45) is 0 Å². The van der Waals surface area contributed by atoms with Gasteiger partial charge in [0, 0.05) is 43.0 Å². The second kappa shape index (κ2) is 9.48. The van der Waals surface area contributed by atoms with Crippen LogP contribution in [0, 0.1) is 13.8 Å². The second-order valence-electron chi connectivity index (χ2n) is 8.66. The molecule has 1 amide bonds. The minimum atomic E-state index is -0.0627. The fraction of sp³-hybridized carbons (Fsp3) is 0.417. The molecule has 0 saturated carbocycles. The van der Waals surface area contributed by atoms with Gasteiger partial charge in [0.25, 0.3) is 5.91 Å². The Labute approximate surface area is 188 Å². The SMILES string of the molecule is Cc1cccnc1Nc1ccc([C@H]2CCCN(C(=O)c3noc(C)c3CN(C)C)C2)nc1. The maximum Gasteiger partial charge on any atom is 0.276 e. The average Bonchev–Trinajstić information content (AvgIpc) is 3.15. The van der Waals surface area contributed by atoms with Gasteiger partial charge in [0.2, 0.25) is 0 Å². The molecule has 1 saturated heterocycles. The van der Waals surface area contributed by atoms with E-state index in [9.17, 15) is 4.79 Å². The minimum Gasteiger partial charge on any atom is -0.361 e. The fourth-order valence-corrected chi connectivity index (χ4v) is 4.09. The van der Waals surface area contributed by atoms with Gasteiger partial charge < -0.3 is 19.6 Å². The van der Waals surface area contributed by atoms with Crippen LogP contribution < -0.4 is 5.32 Å². The number of pyridine rings is 2. The van der Waals surface area contributed by atoms with E-state index in [2.05, 4.69) is 20.4 Å². The predicted octanol–water partition coefficient (Wildman–Crippen LogP) is 3.91. The van der Waals surface area contributed by atoms with Crippen molar-refractivity contribution in [2.45, 2.75) is 39.2 Å². The maximum absolute atomic E-state index is 13.2. The number of rotatable bonds is 6. The molecule has 1 aliphatic rings. The lowest BCUT2D eigenvalue weighted by Gasteiger charge is -2.32. The summed E-state index contributed by atoms with van der Waals surface area (Å²) in [6.07, 6.45) is 5.54. The topological polar surface area (TPSA) is 87.4 Å². The lowest BCUT2D eigenvalue weighted by molar-refractivity contribution is 0.0693. The van der Waals surface area contributed by atoms with Gasteiger partial charge in [0.1, 0.15) is 11.6 Å². The molecule has 168 valence electrons.